The number of aliphatic carboxylic acids is 1. The van der Waals surface area contributed by atoms with Crippen LogP contribution in [0.1, 0.15) is 10.7 Å². The first kappa shape index (κ1) is 18.8. The van der Waals surface area contributed by atoms with Crippen molar-refractivity contribution in [2.24, 2.45) is 0 Å². The van der Waals surface area contributed by atoms with Crippen LogP contribution in [0.15, 0.2) is 54.7 Å². The zero-order chi connectivity index (χ0) is 20.2. The number of benzene rings is 2. The van der Waals surface area contributed by atoms with Crippen LogP contribution in [0.2, 0.25) is 0 Å². The Bertz CT molecular complexity index is 1170. The summed E-state index contributed by atoms with van der Waals surface area (Å²) in [5.41, 5.74) is 3.62. The van der Waals surface area contributed by atoms with Gasteiger partial charge in [0.25, 0.3) is 0 Å². The molecule has 2 aromatic heterocycles. The second kappa shape index (κ2) is 8.19. The first-order valence-corrected chi connectivity index (χ1v) is 9.71. The molecule has 0 saturated carbocycles. The molecule has 4 rings (SSSR count). The Morgan fingerprint density at radius 2 is 1.93 bits per heavy atom. The van der Waals surface area contributed by atoms with Gasteiger partial charge in [-0.25, -0.2) is 9.67 Å². The van der Waals surface area contributed by atoms with Crippen molar-refractivity contribution < 1.29 is 14.7 Å². The number of carboxylic acid groups (broad SMARTS) is 1. The van der Waals surface area contributed by atoms with Crippen molar-refractivity contribution in [3.8, 4) is 11.1 Å². The third kappa shape index (κ3) is 4.64. The second-order valence-electron chi connectivity index (χ2n) is 6.41. The topological polar surface area (TPSA) is 110 Å². The number of carbonyl (C=O) groups excluding carboxylic acids is 1. The minimum atomic E-state index is -1.00. The van der Waals surface area contributed by atoms with Gasteiger partial charge in [0.05, 0.1) is 29.4 Å². The summed E-state index contributed by atoms with van der Waals surface area (Å²) in [6.45, 7) is -0.0842. The number of rotatable bonds is 7. The van der Waals surface area contributed by atoms with Crippen molar-refractivity contribution in [2.45, 2.75) is 19.5 Å². The molecule has 2 aromatic carbocycles. The highest BCUT2D eigenvalue weighted by Gasteiger charge is 2.11. The molecule has 0 bridgehead atoms. The highest BCUT2D eigenvalue weighted by molar-refractivity contribution is 7.18. The van der Waals surface area contributed by atoms with Crippen LogP contribution in [0, 0.1) is 0 Å². The van der Waals surface area contributed by atoms with Crippen molar-refractivity contribution in [2.75, 3.05) is 0 Å². The van der Waals surface area contributed by atoms with Gasteiger partial charge in [-0.05, 0) is 23.3 Å². The van der Waals surface area contributed by atoms with Crippen molar-refractivity contribution >= 4 is 33.4 Å². The molecule has 8 nitrogen and oxygen atoms in total. The zero-order valence-electron chi connectivity index (χ0n) is 15.3. The summed E-state index contributed by atoms with van der Waals surface area (Å²) >= 11 is 1.50. The predicted molar refractivity (Wildman–Crippen MR) is 108 cm³/mol. The van der Waals surface area contributed by atoms with E-state index in [2.05, 4.69) is 38.8 Å². The van der Waals surface area contributed by atoms with Gasteiger partial charge in [-0.2, -0.15) is 0 Å². The van der Waals surface area contributed by atoms with E-state index in [1.54, 1.807) is 0 Å². The molecule has 2 heterocycles. The third-order valence-corrected chi connectivity index (χ3v) is 5.22. The molecule has 1 amide bonds. The quantitative estimate of drug-likeness (QED) is 0.487. The van der Waals surface area contributed by atoms with E-state index < -0.39 is 5.97 Å². The molecule has 0 aliphatic rings. The first-order chi connectivity index (χ1) is 14.1. The molecule has 0 saturated heterocycles. The molecule has 2 N–H and O–H groups in total. The van der Waals surface area contributed by atoms with Gasteiger partial charge in [0, 0.05) is 0 Å². The molecule has 0 aliphatic heterocycles. The number of carboxylic acids is 1. The van der Waals surface area contributed by atoms with Gasteiger partial charge in [0.1, 0.15) is 17.2 Å². The number of nitrogens with zero attached hydrogens (tertiary/aromatic N) is 4. The van der Waals surface area contributed by atoms with Gasteiger partial charge in [-0.3, -0.25) is 9.59 Å². The van der Waals surface area contributed by atoms with Crippen LogP contribution in [0.5, 0.6) is 0 Å². The average molecular weight is 407 g/mol. The fraction of sp³-hybridized carbons (Fsp3) is 0.150. The fourth-order valence-electron chi connectivity index (χ4n) is 2.88. The highest BCUT2D eigenvalue weighted by Crippen LogP contribution is 2.28. The van der Waals surface area contributed by atoms with Crippen molar-refractivity contribution in [3.05, 3.63) is 65.4 Å². The summed E-state index contributed by atoms with van der Waals surface area (Å²) in [6, 6.07) is 16.2. The molecular formula is C20H17N5O3S. The Morgan fingerprint density at radius 3 is 2.72 bits per heavy atom. The van der Waals surface area contributed by atoms with E-state index in [-0.39, 0.29) is 25.4 Å². The van der Waals surface area contributed by atoms with Gasteiger partial charge in [-0.15, -0.1) is 16.4 Å². The lowest BCUT2D eigenvalue weighted by Gasteiger charge is -2.00. The van der Waals surface area contributed by atoms with Crippen LogP contribution < -0.4 is 5.32 Å². The molecule has 0 spiro atoms. The maximum absolute atomic E-state index is 12.2. The molecule has 0 fully saturated rings. The highest BCUT2D eigenvalue weighted by atomic mass is 32.1. The molecule has 4 aromatic rings. The van der Waals surface area contributed by atoms with E-state index in [1.165, 1.54) is 22.2 Å². The van der Waals surface area contributed by atoms with Crippen LogP contribution in [-0.2, 0) is 29.1 Å². The van der Waals surface area contributed by atoms with Gasteiger partial charge >= 0.3 is 5.97 Å². The van der Waals surface area contributed by atoms with Crippen LogP contribution in [0.25, 0.3) is 21.3 Å². The summed E-state index contributed by atoms with van der Waals surface area (Å²) in [6.07, 6.45) is 1.67. The smallest absolute Gasteiger partial charge is 0.325 e. The molecule has 29 heavy (non-hydrogen) atoms. The Hall–Kier alpha value is -3.59. The van der Waals surface area contributed by atoms with Crippen molar-refractivity contribution in [1.29, 1.82) is 0 Å². The van der Waals surface area contributed by atoms with Crippen molar-refractivity contribution in [1.82, 2.24) is 25.3 Å². The summed E-state index contributed by atoms with van der Waals surface area (Å²) in [4.78, 5) is 27.4. The van der Waals surface area contributed by atoms with Gasteiger partial charge in [-0.1, -0.05) is 41.6 Å². The van der Waals surface area contributed by atoms with Gasteiger partial charge in [0.15, 0.2) is 0 Å². The van der Waals surface area contributed by atoms with Gasteiger partial charge < -0.3 is 10.4 Å². The summed E-state index contributed by atoms with van der Waals surface area (Å²) in [5.74, 6) is -1.18. The monoisotopic (exact) mass is 407 g/mol. The van der Waals surface area contributed by atoms with Gasteiger partial charge in [0.2, 0.25) is 5.91 Å². The van der Waals surface area contributed by atoms with E-state index in [9.17, 15) is 9.59 Å². The number of thiazole rings is 1. The maximum atomic E-state index is 12.2. The van der Waals surface area contributed by atoms with E-state index in [0.717, 1.165) is 26.4 Å². The molecule has 0 radical (unpaired) electrons. The lowest BCUT2D eigenvalue weighted by atomic mass is 10.1. The number of aromatic nitrogens is 4. The molecule has 9 heteroatoms. The van der Waals surface area contributed by atoms with E-state index in [0.29, 0.717) is 5.69 Å². The summed E-state index contributed by atoms with van der Waals surface area (Å²) in [5, 5.41) is 19.8. The van der Waals surface area contributed by atoms with Crippen molar-refractivity contribution in [3.63, 3.8) is 0 Å². The number of carbonyl (C=O) groups is 2. The maximum Gasteiger partial charge on any atom is 0.325 e. The molecule has 0 atom stereocenters. The number of amides is 1. The zero-order valence-corrected chi connectivity index (χ0v) is 16.1. The Balaban J connectivity index is 1.39. The Kier molecular flexibility index (Phi) is 5.30. The number of hydrogen-bond donors (Lipinski definition) is 2. The lowest BCUT2D eigenvalue weighted by molar-refractivity contribution is -0.138. The lowest BCUT2D eigenvalue weighted by Crippen LogP contribution is -2.24. The SMILES string of the molecule is O=C(O)Cn1cc(CNC(=O)Cc2nc3ccc(-c4ccccc4)cc3s2)nn1. The average Bonchev–Trinajstić information content (AvgIpc) is 3.32. The molecule has 146 valence electrons. The normalized spacial score (nSPS) is 10.9. The summed E-state index contributed by atoms with van der Waals surface area (Å²) in [7, 11) is 0. The molecule has 0 aliphatic carbocycles. The van der Waals surface area contributed by atoms with Crippen LogP contribution in [0.4, 0.5) is 0 Å². The Labute approximate surface area is 169 Å². The molecule has 0 unspecified atom stereocenters. The second-order valence-corrected chi connectivity index (χ2v) is 7.53. The van der Waals surface area contributed by atoms with Crippen LogP contribution in [-0.4, -0.2) is 37.0 Å². The number of hydrogen-bond acceptors (Lipinski definition) is 6. The predicted octanol–water partition coefficient (Wildman–Crippen LogP) is 2.50. The largest absolute Gasteiger partial charge is 0.480 e. The fourth-order valence-corrected chi connectivity index (χ4v) is 3.89. The van der Waals surface area contributed by atoms with Crippen LogP contribution >= 0.6 is 11.3 Å². The van der Waals surface area contributed by atoms with Crippen LogP contribution in [0.3, 0.4) is 0 Å². The number of fused-ring (bicyclic) bond motifs is 1. The van der Waals surface area contributed by atoms with E-state index in [4.69, 9.17) is 5.11 Å². The minimum Gasteiger partial charge on any atom is -0.480 e. The Morgan fingerprint density at radius 1 is 1.10 bits per heavy atom. The van der Waals surface area contributed by atoms with E-state index in [1.807, 2.05) is 30.3 Å². The standard InChI is InChI=1S/C20H17N5O3S/c26-18(21-10-15-11-25(24-23-15)12-20(27)28)9-19-22-16-7-6-14(8-17(16)29-19)13-4-2-1-3-5-13/h1-8,11H,9-10,12H2,(H,21,26)(H,27,28). The third-order valence-electron chi connectivity index (χ3n) is 4.20. The number of nitrogens with one attached hydrogen (secondary N) is 1. The van der Waals surface area contributed by atoms with E-state index >= 15 is 0 Å². The summed E-state index contributed by atoms with van der Waals surface area (Å²) < 4.78 is 2.24. The minimum absolute atomic E-state index is 0.170. The molecular weight excluding hydrogens is 390 g/mol. The first-order valence-electron chi connectivity index (χ1n) is 8.89.